The fourth-order valence-corrected chi connectivity index (χ4v) is 4.11. The fraction of sp³-hybridized carbons (Fsp3) is 0.409. The number of hydrogen-bond acceptors (Lipinski definition) is 1. The number of aromatic carboxylic acids is 1. The molecule has 0 bridgehead atoms. The molecule has 0 aromatic heterocycles. The van der Waals surface area contributed by atoms with Gasteiger partial charge in [-0.3, -0.25) is 0 Å². The Labute approximate surface area is 144 Å². The molecule has 0 spiro atoms. The minimum absolute atomic E-state index is 0.0338. The van der Waals surface area contributed by atoms with Crippen LogP contribution in [0.15, 0.2) is 36.4 Å². The average Bonchev–Trinajstić information content (AvgIpc) is 2.51. The van der Waals surface area contributed by atoms with Crippen molar-refractivity contribution in [3.8, 4) is 11.1 Å². The average molecular weight is 322 g/mol. The minimum atomic E-state index is -0.840. The third-order valence-corrected chi connectivity index (χ3v) is 5.58. The highest BCUT2D eigenvalue weighted by Crippen LogP contribution is 2.51. The van der Waals surface area contributed by atoms with Gasteiger partial charge in [-0.05, 0) is 52.8 Å². The first-order valence-electron chi connectivity index (χ1n) is 8.62. The van der Waals surface area contributed by atoms with Crippen molar-refractivity contribution in [2.75, 3.05) is 0 Å². The zero-order chi connectivity index (χ0) is 17.7. The smallest absolute Gasteiger partial charge is 0.336 e. The molecule has 126 valence electrons. The molecule has 0 atom stereocenters. The molecule has 1 aliphatic rings. The van der Waals surface area contributed by atoms with Crippen LogP contribution >= 0.6 is 0 Å². The van der Waals surface area contributed by atoms with Crippen molar-refractivity contribution in [1.29, 1.82) is 0 Å². The van der Waals surface area contributed by atoms with Crippen molar-refractivity contribution in [1.82, 2.24) is 0 Å². The van der Waals surface area contributed by atoms with Gasteiger partial charge in [-0.2, -0.15) is 0 Å². The molecule has 0 fully saturated rings. The third-order valence-electron chi connectivity index (χ3n) is 5.58. The summed E-state index contributed by atoms with van der Waals surface area (Å²) >= 11 is 0. The van der Waals surface area contributed by atoms with E-state index in [1.807, 2.05) is 37.3 Å². The van der Waals surface area contributed by atoms with Crippen LogP contribution in [-0.4, -0.2) is 11.1 Å². The van der Waals surface area contributed by atoms with E-state index < -0.39 is 5.97 Å². The number of carboxylic acid groups (broad SMARTS) is 1. The van der Waals surface area contributed by atoms with E-state index in [-0.39, 0.29) is 10.8 Å². The second kappa shape index (κ2) is 5.47. The molecule has 1 N–H and O–H groups in total. The quantitative estimate of drug-likeness (QED) is 0.769. The molecule has 2 nitrogen and oxygen atoms in total. The van der Waals surface area contributed by atoms with Gasteiger partial charge in [0.25, 0.3) is 0 Å². The lowest BCUT2D eigenvalue weighted by Crippen LogP contribution is -2.35. The van der Waals surface area contributed by atoms with Crippen LogP contribution in [0.2, 0.25) is 0 Å². The lowest BCUT2D eigenvalue weighted by Gasteiger charge is -2.44. The fourth-order valence-electron chi connectivity index (χ4n) is 4.11. The minimum Gasteiger partial charge on any atom is -0.478 e. The Kier molecular flexibility index (Phi) is 3.82. The first-order valence-corrected chi connectivity index (χ1v) is 8.62. The summed E-state index contributed by atoms with van der Waals surface area (Å²) in [6, 6.07) is 12.1. The van der Waals surface area contributed by atoms with Crippen LogP contribution in [-0.2, 0) is 10.8 Å². The molecule has 0 radical (unpaired) electrons. The monoisotopic (exact) mass is 322 g/mol. The molecule has 0 aliphatic heterocycles. The van der Waals surface area contributed by atoms with Crippen molar-refractivity contribution in [3.63, 3.8) is 0 Å². The highest BCUT2D eigenvalue weighted by molar-refractivity contribution is 5.99. The summed E-state index contributed by atoms with van der Waals surface area (Å²) in [6.07, 6.45) is 2.18. The van der Waals surface area contributed by atoms with Crippen LogP contribution < -0.4 is 0 Å². The Balaban J connectivity index is 2.49. The molecule has 0 saturated heterocycles. The molecular formula is C22H26O2. The van der Waals surface area contributed by atoms with Crippen molar-refractivity contribution >= 4 is 5.97 Å². The van der Waals surface area contributed by atoms with Gasteiger partial charge in [0.05, 0.1) is 5.56 Å². The Morgan fingerprint density at radius 3 is 2.17 bits per heavy atom. The molecule has 0 saturated carbocycles. The summed E-state index contributed by atoms with van der Waals surface area (Å²) < 4.78 is 0. The predicted molar refractivity (Wildman–Crippen MR) is 98.9 cm³/mol. The van der Waals surface area contributed by atoms with Crippen molar-refractivity contribution in [3.05, 3.63) is 58.7 Å². The number of aryl methyl sites for hydroxylation is 1. The van der Waals surface area contributed by atoms with Crippen molar-refractivity contribution in [2.45, 2.75) is 58.3 Å². The molecule has 0 unspecified atom stereocenters. The molecule has 1 aliphatic carbocycles. The van der Waals surface area contributed by atoms with Gasteiger partial charge in [0.15, 0.2) is 0 Å². The van der Waals surface area contributed by atoms with E-state index in [0.717, 1.165) is 29.5 Å². The molecular weight excluding hydrogens is 296 g/mol. The van der Waals surface area contributed by atoms with E-state index in [0.29, 0.717) is 5.56 Å². The maximum atomic E-state index is 12.1. The van der Waals surface area contributed by atoms with Gasteiger partial charge in [0, 0.05) is 5.56 Å². The van der Waals surface area contributed by atoms with Crippen LogP contribution in [0, 0.1) is 6.92 Å². The number of rotatable bonds is 2. The van der Waals surface area contributed by atoms with Crippen molar-refractivity contribution in [2.24, 2.45) is 0 Å². The molecule has 2 heteroatoms. The number of benzene rings is 2. The van der Waals surface area contributed by atoms with E-state index in [4.69, 9.17) is 0 Å². The Morgan fingerprint density at radius 1 is 1.00 bits per heavy atom. The Bertz CT molecular complexity index is 798. The molecule has 2 aromatic rings. The summed E-state index contributed by atoms with van der Waals surface area (Å²) in [4.78, 5) is 12.1. The molecule has 3 rings (SSSR count). The zero-order valence-electron chi connectivity index (χ0n) is 15.2. The largest absolute Gasteiger partial charge is 0.478 e. The predicted octanol–water partition coefficient (Wildman–Crippen LogP) is 5.71. The second-order valence-electron chi connectivity index (χ2n) is 8.30. The van der Waals surface area contributed by atoms with E-state index >= 15 is 0 Å². The van der Waals surface area contributed by atoms with Gasteiger partial charge in [0.1, 0.15) is 0 Å². The number of fused-ring (bicyclic) bond motifs is 1. The number of carbonyl (C=O) groups is 1. The Hall–Kier alpha value is -2.09. The van der Waals surface area contributed by atoms with Crippen molar-refractivity contribution < 1.29 is 9.90 Å². The summed E-state index contributed by atoms with van der Waals surface area (Å²) in [6.45, 7) is 11.0. The summed E-state index contributed by atoms with van der Waals surface area (Å²) in [5.41, 5.74) is 5.77. The number of hydrogen-bond donors (Lipinski definition) is 1. The summed E-state index contributed by atoms with van der Waals surface area (Å²) in [5.74, 6) is -0.840. The standard InChI is InChI=1S/C22H26O2/c1-14-13-16-19(22(4,5)12-11-21(16,2)3)18(17(14)20(23)24)15-9-7-6-8-10-15/h6-10,13H,11-12H2,1-5H3,(H,23,24). The van der Waals surface area contributed by atoms with Crippen LogP contribution in [0.5, 0.6) is 0 Å². The Morgan fingerprint density at radius 2 is 1.58 bits per heavy atom. The normalized spacial score (nSPS) is 18.0. The van der Waals surface area contributed by atoms with Gasteiger partial charge in [0.2, 0.25) is 0 Å². The van der Waals surface area contributed by atoms with Gasteiger partial charge in [-0.1, -0.05) is 64.1 Å². The lowest BCUT2D eigenvalue weighted by molar-refractivity contribution is 0.0696. The van der Waals surface area contributed by atoms with Gasteiger partial charge in [-0.15, -0.1) is 0 Å². The molecule has 24 heavy (non-hydrogen) atoms. The third kappa shape index (κ3) is 2.54. The lowest BCUT2D eigenvalue weighted by atomic mass is 9.60. The zero-order valence-corrected chi connectivity index (χ0v) is 15.2. The van der Waals surface area contributed by atoms with Crippen LogP contribution in [0.25, 0.3) is 11.1 Å². The highest BCUT2D eigenvalue weighted by atomic mass is 16.4. The summed E-state index contributed by atoms with van der Waals surface area (Å²) in [5, 5.41) is 9.91. The van der Waals surface area contributed by atoms with Crippen LogP contribution in [0.3, 0.4) is 0 Å². The molecule has 0 heterocycles. The molecule has 2 aromatic carbocycles. The van der Waals surface area contributed by atoms with Gasteiger partial charge < -0.3 is 5.11 Å². The highest BCUT2D eigenvalue weighted by Gasteiger charge is 2.40. The maximum absolute atomic E-state index is 12.1. The van der Waals surface area contributed by atoms with Gasteiger partial charge >= 0.3 is 5.97 Å². The van der Waals surface area contributed by atoms with Crippen LogP contribution in [0.4, 0.5) is 0 Å². The SMILES string of the molecule is Cc1cc2c(c(-c3ccccc3)c1C(=O)O)C(C)(C)CCC2(C)C. The van der Waals surface area contributed by atoms with E-state index in [1.54, 1.807) is 0 Å². The second-order valence-corrected chi connectivity index (χ2v) is 8.30. The van der Waals surface area contributed by atoms with E-state index in [9.17, 15) is 9.90 Å². The van der Waals surface area contributed by atoms with Crippen LogP contribution in [0.1, 0.15) is 67.6 Å². The summed E-state index contributed by atoms with van der Waals surface area (Å²) in [7, 11) is 0. The van der Waals surface area contributed by atoms with E-state index in [2.05, 4.69) is 33.8 Å². The number of carboxylic acids is 1. The van der Waals surface area contributed by atoms with Gasteiger partial charge in [-0.25, -0.2) is 4.79 Å². The topological polar surface area (TPSA) is 37.3 Å². The first-order chi connectivity index (χ1) is 11.1. The first kappa shape index (κ1) is 16.8. The van der Waals surface area contributed by atoms with E-state index in [1.165, 1.54) is 11.1 Å². The molecule has 0 amide bonds. The maximum Gasteiger partial charge on any atom is 0.336 e.